The van der Waals surface area contributed by atoms with Gasteiger partial charge in [0.25, 0.3) is 0 Å². The van der Waals surface area contributed by atoms with Gasteiger partial charge in [-0.1, -0.05) is 0 Å². The van der Waals surface area contributed by atoms with Gasteiger partial charge in [-0.2, -0.15) is 0 Å². The minimum Gasteiger partial charge on any atom is -0.484 e. The van der Waals surface area contributed by atoms with E-state index in [2.05, 4.69) is 30.0 Å². The van der Waals surface area contributed by atoms with Crippen molar-refractivity contribution in [3.63, 3.8) is 0 Å². The summed E-state index contributed by atoms with van der Waals surface area (Å²) in [6.07, 6.45) is 1.95. The molecule has 3 aromatic heterocycles. The van der Waals surface area contributed by atoms with Crippen molar-refractivity contribution < 1.29 is 32.9 Å². The fourth-order valence-electron chi connectivity index (χ4n) is 4.09. The van der Waals surface area contributed by atoms with Crippen LogP contribution in [-0.2, 0) is 9.47 Å². The SMILES string of the molecule is COC(=O)c1cncc(NC(=O)O[C@H](C)[C@H](C)Oc2cc3sc(-c4cc(C)cc5nc(OC)cnc45)nc3cc2F)c1. The normalized spacial score (nSPS) is 12.5. The van der Waals surface area contributed by atoms with Crippen LogP contribution in [0.3, 0.4) is 0 Å². The van der Waals surface area contributed by atoms with Gasteiger partial charge in [-0.05, 0) is 44.5 Å². The molecule has 3 heterocycles. The molecule has 0 spiro atoms. The quantitative estimate of drug-likeness (QED) is 0.216. The molecular weight excluding hydrogens is 565 g/mol. The molecule has 216 valence electrons. The maximum Gasteiger partial charge on any atom is 0.412 e. The van der Waals surface area contributed by atoms with Crippen LogP contribution < -0.4 is 14.8 Å². The molecule has 0 saturated heterocycles. The third-order valence-electron chi connectivity index (χ3n) is 6.32. The molecule has 0 aliphatic rings. The van der Waals surface area contributed by atoms with Gasteiger partial charge in [-0.3, -0.25) is 10.3 Å². The van der Waals surface area contributed by atoms with Crippen LogP contribution in [0, 0.1) is 12.7 Å². The maximum absolute atomic E-state index is 15.1. The summed E-state index contributed by atoms with van der Waals surface area (Å²) in [7, 11) is 2.77. The highest BCUT2D eigenvalue weighted by Gasteiger charge is 2.22. The number of hydrogen-bond donors (Lipinski definition) is 1. The van der Waals surface area contributed by atoms with Crippen molar-refractivity contribution in [2.45, 2.75) is 33.0 Å². The van der Waals surface area contributed by atoms with Crippen LogP contribution in [0.5, 0.6) is 11.6 Å². The van der Waals surface area contributed by atoms with Gasteiger partial charge in [0, 0.05) is 23.9 Å². The minimum absolute atomic E-state index is 0.00494. The maximum atomic E-state index is 15.1. The van der Waals surface area contributed by atoms with Crippen LogP contribution in [0.25, 0.3) is 31.8 Å². The fraction of sp³-hybridized carbons (Fsp3) is 0.241. The fourth-order valence-corrected chi connectivity index (χ4v) is 5.08. The number of ether oxygens (including phenoxy) is 4. The number of carbonyl (C=O) groups is 2. The summed E-state index contributed by atoms with van der Waals surface area (Å²) in [5.41, 5.74) is 3.94. The first kappa shape index (κ1) is 28.6. The molecule has 2 aromatic carbocycles. The Hall–Kier alpha value is -4.91. The average molecular weight is 592 g/mol. The predicted molar refractivity (Wildman–Crippen MR) is 155 cm³/mol. The number of aromatic nitrogens is 4. The first-order valence-corrected chi connectivity index (χ1v) is 13.6. The number of amides is 1. The van der Waals surface area contributed by atoms with Gasteiger partial charge in [0.15, 0.2) is 11.6 Å². The Morgan fingerprint density at radius 2 is 1.79 bits per heavy atom. The summed E-state index contributed by atoms with van der Waals surface area (Å²) >= 11 is 1.37. The number of anilines is 1. The molecule has 0 saturated carbocycles. The van der Waals surface area contributed by atoms with E-state index in [0.29, 0.717) is 32.1 Å². The van der Waals surface area contributed by atoms with Gasteiger partial charge in [-0.25, -0.2) is 28.9 Å². The first-order chi connectivity index (χ1) is 20.1. The van der Waals surface area contributed by atoms with E-state index >= 15 is 4.39 Å². The number of esters is 1. The Kier molecular flexibility index (Phi) is 8.11. The summed E-state index contributed by atoms with van der Waals surface area (Å²) in [6.45, 7) is 5.22. The lowest BCUT2D eigenvalue weighted by Crippen LogP contribution is -2.32. The van der Waals surface area contributed by atoms with E-state index in [1.54, 1.807) is 26.1 Å². The summed E-state index contributed by atoms with van der Waals surface area (Å²) in [5.74, 6) is -0.799. The third kappa shape index (κ3) is 6.05. The highest BCUT2D eigenvalue weighted by Crippen LogP contribution is 2.37. The van der Waals surface area contributed by atoms with Crippen molar-refractivity contribution in [2.24, 2.45) is 0 Å². The molecule has 5 aromatic rings. The average Bonchev–Trinajstić information content (AvgIpc) is 3.38. The van der Waals surface area contributed by atoms with Gasteiger partial charge < -0.3 is 18.9 Å². The number of methoxy groups -OCH3 is 2. The molecule has 1 amide bonds. The summed E-state index contributed by atoms with van der Waals surface area (Å²) in [4.78, 5) is 41.7. The summed E-state index contributed by atoms with van der Waals surface area (Å²) < 4.78 is 36.9. The number of fused-ring (bicyclic) bond motifs is 2. The second kappa shape index (κ2) is 11.9. The molecular formula is C29H26FN5O6S. The number of pyridine rings is 1. The molecule has 0 aliphatic carbocycles. The van der Waals surface area contributed by atoms with E-state index in [9.17, 15) is 9.59 Å². The first-order valence-electron chi connectivity index (χ1n) is 12.7. The number of aryl methyl sites for hydroxylation is 1. The van der Waals surface area contributed by atoms with Gasteiger partial charge in [0.05, 0.1) is 59.1 Å². The van der Waals surface area contributed by atoms with Crippen molar-refractivity contribution >= 4 is 50.3 Å². The third-order valence-corrected chi connectivity index (χ3v) is 7.37. The predicted octanol–water partition coefficient (Wildman–Crippen LogP) is 5.95. The van der Waals surface area contributed by atoms with Crippen LogP contribution in [0.15, 0.2) is 48.9 Å². The molecule has 0 bridgehead atoms. The van der Waals surface area contributed by atoms with Gasteiger partial charge >= 0.3 is 12.1 Å². The van der Waals surface area contributed by atoms with E-state index in [0.717, 1.165) is 11.1 Å². The van der Waals surface area contributed by atoms with E-state index in [1.807, 2.05) is 19.1 Å². The molecule has 2 atom stereocenters. The molecule has 1 N–H and O–H groups in total. The van der Waals surface area contributed by atoms with E-state index in [-0.39, 0.29) is 17.0 Å². The van der Waals surface area contributed by atoms with E-state index in [4.69, 9.17) is 14.2 Å². The van der Waals surface area contributed by atoms with Crippen molar-refractivity contribution in [1.82, 2.24) is 19.9 Å². The van der Waals surface area contributed by atoms with Crippen LogP contribution in [-0.4, -0.2) is 58.4 Å². The van der Waals surface area contributed by atoms with Crippen molar-refractivity contribution in [2.75, 3.05) is 19.5 Å². The summed E-state index contributed by atoms with van der Waals surface area (Å²) in [5, 5.41) is 3.16. The second-order valence-electron chi connectivity index (χ2n) is 9.37. The smallest absolute Gasteiger partial charge is 0.412 e. The number of hydrogen-bond acceptors (Lipinski definition) is 11. The number of nitrogens with zero attached hydrogens (tertiary/aromatic N) is 4. The van der Waals surface area contributed by atoms with Crippen LogP contribution in [0.4, 0.5) is 14.9 Å². The number of rotatable bonds is 8. The molecule has 11 nitrogen and oxygen atoms in total. The lowest BCUT2D eigenvalue weighted by molar-refractivity contribution is 0.0402. The number of nitrogens with one attached hydrogen (secondary N) is 1. The summed E-state index contributed by atoms with van der Waals surface area (Å²) in [6, 6.07) is 8.16. The monoisotopic (exact) mass is 591 g/mol. The molecule has 0 aliphatic heterocycles. The Labute approximate surface area is 243 Å². The molecule has 0 fully saturated rings. The Balaban J connectivity index is 1.31. The highest BCUT2D eigenvalue weighted by atomic mass is 32.1. The Morgan fingerprint density at radius 3 is 2.55 bits per heavy atom. The van der Waals surface area contributed by atoms with E-state index in [1.165, 1.54) is 50.1 Å². The van der Waals surface area contributed by atoms with Gasteiger partial charge in [0.1, 0.15) is 17.2 Å². The van der Waals surface area contributed by atoms with Crippen LogP contribution in [0.2, 0.25) is 0 Å². The molecule has 0 unspecified atom stereocenters. The van der Waals surface area contributed by atoms with Crippen molar-refractivity contribution in [1.29, 1.82) is 0 Å². The Bertz CT molecular complexity index is 1810. The largest absolute Gasteiger partial charge is 0.484 e. The number of benzene rings is 2. The van der Waals surface area contributed by atoms with Gasteiger partial charge in [0.2, 0.25) is 5.88 Å². The molecule has 13 heteroatoms. The number of halogens is 1. The lowest BCUT2D eigenvalue weighted by atomic mass is 10.1. The number of thiazole rings is 1. The van der Waals surface area contributed by atoms with E-state index < -0.39 is 30.1 Å². The zero-order valence-electron chi connectivity index (χ0n) is 23.3. The van der Waals surface area contributed by atoms with Crippen molar-refractivity contribution in [3.8, 4) is 22.2 Å². The standard InChI is InChI=1S/C29H26FN5O6S/c1-14-6-19(26-22(7-14)34-25(38-4)13-32-26)27-35-21-9-20(30)23(10-24(21)42-27)40-15(2)16(3)41-29(37)33-18-8-17(11-31-12-18)28(36)39-5/h6-13,15-16H,1-5H3,(H,33,37)/t15-,16+/m0/s1. The Morgan fingerprint density at radius 1 is 0.976 bits per heavy atom. The lowest BCUT2D eigenvalue weighted by Gasteiger charge is -2.22. The molecule has 5 rings (SSSR count). The minimum atomic E-state index is -0.795. The zero-order valence-corrected chi connectivity index (χ0v) is 24.1. The zero-order chi connectivity index (χ0) is 30.0. The highest BCUT2D eigenvalue weighted by molar-refractivity contribution is 7.21. The van der Waals surface area contributed by atoms with Gasteiger partial charge in [-0.15, -0.1) is 11.3 Å². The number of carbonyl (C=O) groups excluding carboxylic acids is 2. The topological polar surface area (TPSA) is 135 Å². The van der Waals surface area contributed by atoms with Crippen LogP contribution in [0.1, 0.15) is 29.8 Å². The molecule has 42 heavy (non-hydrogen) atoms. The van der Waals surface area contributed by atoms with Crippen LogP contribution >= 0.6 is 11.3 Å². The van der Waals surface area contributed by atoms with Crippen molar-refractivity contribution in [3.05, 3.63) is 65.9 Å². The molecule has 0 radical (unpaired) electrons. The second-order valence-corrected chi connectivity index (χ2v) is 10.4.